The van der Waals surface area contributed by atoms with Gasteiger partial charge in [-0.15, -0.1) is 0 Å². The number of nitrogens with two attached hydrogens (primary N) is 1. The predicted octanol–water partition coefficient (Wildman–Crippen LogP) is 1.66. The van der Waals surface area contributed by atoms with Crippen molar-refractivity contribution in [3.05, 3.63) is 11.9 Å². The molecule has 1 aromatic rings. The smallest absolute Gasteiger partial charge is 0.200 e. The fraction of sp³-hybridized carbons (Fsp3) is 0.667. The molecular formula is C9H15N3. The van der Waals surface area contributed by atoms with Crippen molar-refractivity contribution in [2.24, 2.45) is 7.05 Å². The SMILES string of the molecule is Cn1cc(C2CCCC2)nc1N. The van der Waals surface area contributed by atoms with Crippen molar-refractivity contribution >= 4 is 5.95 Å². The van der Waals surface area contributed by atoms with Crippen LogP contribution in [0.3, 0.4) is 0 Å². The number of rotatable bonds is 1. The maximum Gasteiger partial charge on any atom is 0.200 e. The minimum atomic E-state index is 0.636. The van der Waals surface area contributed by atoms with Crippen LogP contribution in [0.25, 0.3) is 0 Å². The minimum absolute atomic E-state index is 0.636. The first kappa shape index (κ1) is 7.65. The Morgan fingerprint density at radius 2 is 2.17 bits per heavy atom. The van der Waals surface area contributed by atoms with E-state index in [9.17, 15) is 0 Å². The number of imidazole rings is 1. The maximum absolute atomic E-state index is 5.66. The number of aromatic nitrogens is 2. The molecule has 3 nitrogen and oxygen atoms in total. The van der Waals surface area contributed by atoms with Gasteiger partial charge in [-0.2, -0.15) is 0 Å². The summed E-state index contributed by atoms with van der Waals surface area (Å²) in [5.74, 6) is 1.31. The molecule has 0 radical (unpaired) electrons. The molecule has 1 aliphatic rings. The highest BCUT2D eigenvalue weighted by Crippen LogP contribution is 2.33. The van der Waals surface area contributed by atoms with Crippen molar-refractivity contribution in [1.29, 1.82) is 0 Å². The topological polar surface area (TPSA) is 43.8 Å². The molecule has 3 heteroatoms. The van der Waals surface area contributed by atoms with Crippen LogP contribution in [-0.4, -0.2) is 9.55 Å². The van der Waals surface area contributed by atoms with Gasteiger partial charge in [-0.1, -0.05) is 12.8 Å². The lowest BCUT2D eigenvalue weighted by Crippen LogP contribution is -1.95. The van der Waals surface area contributed by atoms with Crippen molar-refractivity contribution < 1.29 is 0 Å². The van der Waals surface area contributed by atoms with Crippen molar-refractivity contribution in [3.63, 3.8) is 0 Å². The van der Waals surface area contributed by atoms with Crippen molar-refractivity contribution in [1.82, 2.24) is 9.55 Å². The number of nitrogens with zero attached hydrogens (tertiary/aromatic N) is 2. The van der Waals surface area contributed by atoms with Gasteiger partial charge >= 0.3 is 0 Å². The first-order valence-corrected chi connectivity index (χ1v) is 4.56. The van der Waals surface area contributed by atoms with Crippen LogP contribution in [0.4, 0.5) is 5.95 Å². The second kappa shape index (κ2) is 2.81. The summed E-state index contributed by atoms with van der Waals surface area (Å²) in [4.78, 5) is 4.33. The normalized spacial score (nSPS) is 18.8. The number of hydrogen-bond acceptors (Lipinski definition) is 2. The summed E-state index contributed by atoms with van der Waals surface area (Å²) in [5, 5.41) is 0. The average Bonchev–Trinajstić information content (AvgIpc) is 2.61. The molecule has 0 amide bonds. The molecule has 1 aromatic heterocycles. The highest BCUT2D eigenvalue weighted by molar-refractivity contribution is 5.23. The number of aryl methyl sites for hydroxylation is 1. The van der Waals surface area contributed by atoms with E-state index in [1.54, 1.807) is 0 Å². The molecule has 2 N–H and O–H groups in total. The van der Waals surface area contributed by atoms with E-state index in [1.165, 1.54) is 31.4 Å². The molecule has 0 aliphatic heterocycles. The molecule has 0 unspecified atom stereocenters. The van der Waals surface area contributed by atoms with Crippen LogP contribution >= 0.6 is 0 Å². The second-order valence-corrected chi connectivity index (χ2v) is 3.62. The van der Waals surface area contributed by atoms with E-state index in [0.29, 0.717) is 11.9 Å². The van der Waals surface area contributed by atoms with Gasteiger partial charge in [0.1, 0.15) is 0 Å². The van der Waals surface area contributed by atoms with Gasteiger partial charge in [-0.05, 0) is 12.8 Å². The summed E-state index contributed by atoms with van der Waals surface area (Å²) in [5.41, 5.74) is 6.85. The van der Waals surface area contributed by atoms with E-state index in [4.69, 9.17) is 5.73 Å². The summed E-state index contributed by atoms with van der Waals surface area (Å²) in [6.07, 6.45) is 7.33. The van der Waals surface area contributed by atoms with E-state index in [0.717, 1.165) is 0 Å². The summed E-state index contributed by atoms with van der Waals surface area (Å²) >= 11 is 0. The molecule has 1 saturated carbocycles. The molecule has 1 fully saturated rings. The second-order valence-electron chi connectivity index (χ2n) is 3.62. The summed E-state index contributed by atoms with van der Waals surface area (Å²) in [7, 11) is 1.95. The van der Waals surface area contributed by atoms with Crippen LogP contribution in [0, 0.1) is 0 Å². The molecule has 0 atom stereocenters. The van der Waals surface area contributed by atoms with Gasteiger partial charge < -0.3 is 10.3 Å². The van der Waals surface area contributed by atoms with Crippen LogP contribution in [0.2, 0.25) is 0 Å². The quantitative estimate of drug-likeness (QED) is 0.687. The molecule has 0 aromatic carbocycles. The van der Waals surface area contributed by atoms with Crippen LogP contribution in [0.15, 0.2) is 6.20 Å². The molecule has 0 spiro atoms. The van der Waals surface area contributed by atoms with E-state index < -0.39 is 0 Å². The lowest BCUT2D eigenvalue weighted by atomic mass is 10.1. The van der Waals surface area contributed by atoms with Crippen LogP contribution < -0.4 is 5.73 Å². The molecule has 66 valence electrons. The monoisotopic (exact) mass is 165 g/mol. The molecule has 2 rings (SSSR count). The number of hydrogen-bond donors (Lipinski definition) is 1. The summed E-state index contributed by atoms with van der Waals surface area (Å²) in [6.45, 7) is 0. The Kier molecular flexibility index (Phi) is 1.79. The van der Waals surface area contributed by atoms with Crippen molar-refractivity contribution in [3.8, 4) is 0 Å². The van der Waals surface area contributed by atoms with Gasteiger partial charge in [0.2, 0.25) is 0 Å². The average molecular weight is 165 g/mol. The molecule has 0 saturated heterocycles. The zero-order valence-corrected chi connectivity index (χ0v) is 7.45. The largest absolute Gasteiger partial charge is 0.369 e. The number of anilines is 1. The fourth-order valence-electron chi connectivity index (χ4n) is 1.92. The molecular weight excluding hydrogens is 150 g/mol. The van der Waals surface area contributed by atoms with Gasteiger partial charge in [0.25, 0.3) is 0 Å². The Hall–Kier alpha value is -0.990. The predicted molar refractivity (Wildman–Crippen MR) is 48.8 cm³/mol. The highest BCUT2D eigenvalue weighted by Gasteiger charge is 2.19. The Morgan fingerprint density at radius 3 is 2.67 bits per heavy atom. The Labute approximate surface area is 72.6 Å². The van der Waals surface area contributed by atoms with Gasteiger partial charge in [0.05, 0.1) is 5.69 Å². The highest BCUT2D eigenvalue weighted by atomic mass is 15.1. The van der Waals surface area contributed by atoms with Crippen molar-refractivity contribution in [2.75, 3.05) is 5.73 Å². The first-order valence-electron chi connectivity index (χ1n) is 4.56. The van der Waals surface area contributed by atoms with Gasteiger partial charge in [0.15, 0.2) is 5.95 Å². The fourth-order valence-corrected chi connectivity index (χ4v) is 1.92. The van der Waals surface area contributed by atoms with E-state index >= 15 is 0 Å². The maximum atomic E-state index is 5.66. The third-order valence-corrected chi connectivity index (χ3v) is 2.70. The Bertz CT molecular complexity index is 252. The molecule has 12 heavy (non-hydrogen) atoms. The summed E-state index contributed by atoms with van der Waals surface area (Å²) in [6, 6.07) is 0. The third-order valence-electron chi connectivity index (χ3n) is 2.70. The standard InChI is InChI=1S/C9H15N3/c1-12-6-8(11-9(12)10)7-4-2-3-5-7/h6-7H,2-5H2,1H3,(H2,10,11). The zero-order valence-electron chi connectivity index (χ0n) is 7.45. The van der Waals surface area contributed by atoms with Gasteiger partial charge in [0, 0.05) is 19.2 Å². The van der Waals surface area contributed by atoms with E-state index in [1.807, 2.05) is 11.6 Å². The van der Waals surface area contributed by atoms with E-state index in [2.05, 4.69) is 11.2 Å². The van der Waals surface area contributed by atoms with Crippen LogP contribution in [-0.2, 0) is 7.05 Å². The Morgan fingerprint density at radius 1 is 1.50 bits per heavy atom. The lowest BCUT2D eigenvalue weighted by molar-refractivity contribution is 0.701. The molecule has 1 aliphatic carbocycles. The van der Waals surface area contributed by atoms with Gasteiger partial charge in [-0.3, -0.25) is 0 Å². The zero-order chi connectivity index (χ0) is 8.55. The molecule has 1 heterocycles. The Balaban J connectivity index is 2.21. The third kappa shape index (κ3) is 1.19. The van der Waals surface area contributed by atoms with Crippen LogP contribution in [0.1, 0.15) is 37.3 Å². The van der Waals surface area contributed by atoms with Crippen molar-refractivity contribution in [2.45, 2.75) is 31.6 Å². The lowest BCUT2D eigenvalue weighted by Gasteiger charge is -2.02. The number of nitrogen functional groups attached to an aromatic ring is 1. The van der Waals surface area contributed by atoms with Crippen LogP contribution in [0.5, 0.6) is 0 Å². The first-order chi connectivity index (χ1) is 5.77. The van der Waals surface area contributed by atoms with E-state index in [-0.39, 0.29) is 0 Å². The summed E-state index contributed by atoms with van der Waals surface area (Å²) < 4.78 is 1.90. The molecule has 0 bridgehead atoms. The van der Waals surface area contributed by atoms with Gasteiger partial charge in [-0.25, -0.2) is 4.98 Å². The minimum Gasteiger partial charge on any atom is -0.369 e.